The molecule has 0 bridgehead atoms. The zero-order valence-electron chi connectivity index (χ0n) is 19.5. The molecule has 0 aromatic heterocycles. The average molecular weight is 454 g/mol. The highest BCUT2D eigenvalue weighted by Crippen LogP contribution is 2.30. The van der Waals surface area contributed by atoms with Gasteiger partial charge in [-0.2, -0.15) is 0 Å². The van der Waals surface area contributed by atoms with Crippen molar-refractivity contribution < 1.29 is 9.72 Å². The number of amides is 1. The van der Waals surface area contributed by atoms with Gasteiger partial charge < -0.3 is 10.2 Å². The zero-order valence-corrected chi connectivity index (χ0v) is 19.5. The van der Waals surface area contributed by atoms with E-state index >= 15 is 0 Å². The Kier molecular flexibility index (Phi) is 6.59. The zero-order chi connectivity index (χ0) is 24.2. The number of hydrogen-bond acceptors (Lipinski definition) is 4. The third kappa shape index (κ3) is 4.62. The largest absolute Gasteiger partial charge is 0.385 e. The quantitative estimate of drug-likeness (QED) is 0.250. The number of hydrogen-bond donors (Lipinski definition) is 1. The van der Waals surface area contributed by atoms with Gasteiger partial charge in [0.25, 0.3) is 11.6 Å². The first-order chi connectivity index (χ1) is 16.4. The smallest absolute Gasteiger partial charge is 0.269 e. The second-order valence-corrected chi connectivity index (χ2v) is 8.29. The highest BCUT2D eigenvalue weighted by molar-refractivity contribution is 5.95. The van der Waals surface area contributed by atoms with Crippen molar-refractivity contribution in [2.45, 2.75) is 19.9 Å². The number of non-ortho nitro benzene ring substituents is 1. The third-order valence-corrected chi connectivity index (χ3v) is 6.19. The first-order valence-corrected chi connectivity index (χ1v) is 11.3. The van der Waals surface area contributed by atoms with E-state index in [9.17, 15) is 14.9 Å². The molecule has 4 rings (SSSR count). The van der Waals surface area contributed by atoms with Crippen molar-refractivity contribution in [1.29, 1.82) is 0 Å². The van der Waals surface area contributed by atoms with E-state index in [0.717, 1.165) is 39.7 Å². The van der Waals surface area contributed by atoms with Crippen molar-refractivity contribution in [3.63, 3.8) is 0 Å². The van der Waals surface area contributed by atoms with Crippen LogP contribution in [0.25, 0.3) is 21.9 Å². The van der Waals surface area contributed by atoms with Crippen LogP contribution in [0, 0.1) is 10.1 Å². The SMILES string of the molecule is CCNc1ccc2c(C(C)N(C)C(=O)c3ccc(-c4ccc([N+](=O)[O-])cc4)cc3)cccc2c1. The van der Waals surface area contributed by atoms with Crippen molar-refractivity contribution >= 4 is 28.1 Å². The van der Waals surface area contributed by atoms with Gasteiger partial charge in [-0.05, 0) is 77.7 Å². The molecule has 172 valence electrons. The summed E-state index contributed by atoms with van der Waals surface area (Å²) >= 11 is 0. The number of carbonyl (C=O) groups excluding carboxylic acids is 1. The van der Waals surface area contributed by atoms with Crippen LogP contribution >= 0.6 is 0 Å². The van der Waals surface area contributed by atoms with Crippen molar-refractivity contribution in [3.8, 4) is 11.1 Å². The van der Waals surface area contributed by atoms with Crippen LogP contribution in [0.15, 0.2) is 84.9 Å². The van der Waals surface area contributed by atoms with Gasteiger partial charge in [-0.25, -0.2) is 0 Å². The Balaban J connectivity index is 1.54. The molecule has 6 nitrogen and oxygen atoms in total. The molecule has 0 spiro atoms. The molecule has 0 heterocycles. The molecular formula is C28H27N3O3. The standard InChI is InChI=1S/C28H27N3O3/c1-4-29-24-14-17-27-23(18-24)6-5-7-26(27)19(2)30(3)28(32)22-10-8-20(9-11-22)21-12-15-25(16-13-21)31(33)34/h5-19,29H,4H2,1-3H3. The summed E-state index contributed by atoms with van der Waals surface area (Å²) in [4.78, 5) is 25.4. The van der Waals surface area contributed by atoms with Crippen molar-refractivity contribution in [3.05, 3.63) is 106 Å². The van der Waals surface area contributed by atoms with Crippen molar-refractivity contribution in [2.75, 3.05) is 18.9 Å². The van der Waals surface area contributed by atoms with Gasteiger partial charge in [0.05, 0.1) is 11.0 Å². The van der Waals surface area contributed by atoms with Gasteiger partial charge in [0, 0.05) is 37.0 Å². The topological polar surface area (TPSA) is 75.5 Å². The summed E-state index contributed by atoms with van der Waals surface area (Å²) in [5.74, 6) is -0.0657. The Morgan fingerprint density at radius 3 is 2.24 bits per heavy atom. The lowest BCUT2D eigenvalue weighted by Crippen LogP contribution is -2.29. The van der Waals surface area contributed by atoms with Crippen LogP contribution in [0.1, 0.15) is 35.8 Å². The number of fused-ring (bicyclic) bond motifs is 1. The summed E-state index contributed by atoms with van der Waals surface area (Å²) < 4.78 is 0. The molecule has 0 radical (unpaired) electrons. The van der Waals surface area contributed by atoms with Crippen LogP contribution in [0.2, 0.25) is 0 Å². The second kappa shape index (κ2) is 9.75. The minimum atomic E-state index is -0.417. The number of rotatable bonds is 7. The number of benzene rings is 4. The van der Waals surface area contributed by atoms with Gasteiger partial charge in [0.15, 0.2) is 0 Å². The predicted molar refractivity (Wildman–Crippen MR) is 137 cm³/mol. The van der Waals surface area contributed by atoms with Crippen LogP contribution < -0.4 is 5.32 Å². The number of carbonyl (C=O) groups is 1. The molecule has 1 amide bonds. The van der Waals surface area contributed by atoms with E-state index < -0.39 is 4.92 Å². The maximum Gasteiger partial charge on any atom is 0.269 e. The van der Waals surface area contributed by atoms with Gasteiger partial charge in [-0.1, -0.05) is 36.4 Å². The van der Waals surface area contributed by atoms with Crippen molar-refractivity contribution in [2.24, 2.45) is 0 Å². The fourth-order valence-corrected chi connectivity index (χ4v) is 4.16. The lowest BCUT2D eigenvalue weighted by molar-refractivity contribution is -0.384. The summed E-state index contributed by atoms with van der Waals surface area (Å²) in [6.07, 6.45) is 0. The molecule has 0 aliphatic heterocycles. The lowest BCUT2D eigenvalue weighted by atomic mass is 9.97. The number of nitrogens with one attached hydrogen (secondary N) is 1. The number of nitro groups is 1. The van der Waals surface area contributed by atoms with Crippen LogP contribution in [0.5, 0.6) is 0 Å². The summed E-state index contributed by atoms with van der Waals surface area (Å²) in [5, 5.41) is 16.5. The maximum atomic E-state index is 13.2. The van der Waals surface area contributed by atoms with E-state index in [0.29, 0.717) is 5.56 Å². The van der Waals surface area contributed by atoms with E-state index in [-0.39, 0.29) is 17.6 Å². The molecule has 1 N–H and O–H groups in total. The molecule has 34 heavy (non-hydrogen) atoms. The maximum absolute atomic E-state index is 13.2. The minimum absolute atomic E-state index is 0.0532. The van der Waals surface area contributed by atoms with E-state index in [2.05, 4.69) is 42.6 Å². The average Bonchev–Trinajstić information content (AvgIpc) is 2.87. The highest BCUT2D eigenvalue weighted by atomic mass is 16.6. The van der Waals surface area contributed by atoms with Gasteiger partial charge >= 0.3 is 0 Å². The first kappa shape index (κ1) is 23.0. The molecule has 4 aromatic carbocycles. The minimum Gasteiger partial charge on any atom is -0.385 e. The summed E-state index contributed by atoms with van der Waals surface area (Å²) in [6.45, 7) is 4.97. The second-order valence-electron chi connectivity index (χ2n) is 8.29. The fourth-order valence-electron chi connectivity index (χ4n) is 4.16. The number of nitrogens with zero attached hydrogens (tertiary/aromatic N) is 2. The number of nitro benzene ring substituents is 1. The van der Waals surface area contributed by atoms with Crippen molar-refractivity contribution in [1.82, 2.24) is 4.90 Å². The molecule has 0 aliphatic carbocycles. The Morgan fingerprint density at radius 2 is 1.62 bits per heavy atom. The van der Waals surface area contributed by atoms with Gasteiger partial charge in [0.1, 0.15) is 0 Å². The van der Waals surface area contributed by atoms with Crippen LogP contribution in [0.3, 0.4) is 0 Å². The van der Waals surface area contributed by atoms with E-state index in [1.54, 1.807) is 29.2 Å². The monoisotopic (exact) mass is 453 g/mol. The van der Waals surface area contributed by atoms with Gasteiger partial charge in [-0.3, -0.25) is 14.9 Å². The predicted octanol–water partition coefficient (Wildman–Crippen LogP) is 6.68. The lowest BCUT2D eigenvalue weighted by Gasteiger charge is -2.27. The third-order valence-electron chi connectivity index (χ3n) is 6.19. The molecular weight excluding hydrogens is 426 g/mol. The Hall–Kier alpha value is -4.19. The molecule has 1 atom stereocenters. The Bertz CT molecular complexity index is 1330. The van der Waals surface area contributed by atoms with E-state index in [1.165, 1.54) is 12.1 Å². The molecule has 0 saturated heterocycles. The summed E-state index contributed by atoms with van der Waals surface area (Å²) in [6, 6.07) is 26.1. The first-order valence-electron chi connectivity index (χ1n) is 11.3. The molecule has 0 saturated carbocycles. The van der Waals surface area contributed by atoms with Crippen LogP contribution in [-0.2, 0) is 0 Å². The number of anilines is 1. The highest BCUT2D eigenvalue weighted by Gasteiger charge is 2.20. The fraction of sp³-hybridized carbons (Fsp3) is 0.179. The van der Waals surface area contributed by atoms with Crippen LogP contribution in [0.4, 0.5) is 11.4 Å². The van der Waals surface area contributed by atoms with Gasteiger partial charge in [-0.15, -0.1) is 0 Å². The molecule has 0 aliphatic rings. The molecule has 4 aromatic rings. The molecule has 6 heteroatoms. The van der Waals surface area contributed by atoms with E-state index in [1.807, 2.05) is 32.2 Å². The Morgan fingerprint density at radius 1 is 0.971 bits per heavy atom. The molecule has 1 unspecified atom stereocenters. The normalized spacial score (nSPS) is 11.7. The summed E-state index contributed by atoms with van der Waals surface area (Å²) in [5.41, 5.74) is 4.58. The van der Waals surface area contributed by atoms with Crippen LogP contribution in [-0.4, -0.2) is 29.3 Å². The summed E-state index contributed by atoms with van der Waals surface area (Å²) in [7, 11) is 1.82. The van der Waals surface area contributed by atoms with E-state index in [4.69, 9.17) is 0 Å². The Labute approximate surface area is 199 Å². The van der Waals surface area contributed by atoms with Gasteiger partial charge in [0.2, 0.25) is 0 Å². The molecule has 0 fully saturated rings.